The molecule has 2 aliphatic rings. The van der Waals surface area contributed by atoms with Gasteiger partial charge in [-0.25, -0.2) is 4.99 Å². The maximum atomic E-state index is 5.98. The van der Waals surface area contributed by atoms with Crippen molar-refractivity contribution in [2.24, 2.45) is 4.99 Å². The van der Waals surface area contributed by atoms with E-state index in [2.05, 4.69) is 59.6 Å². The molecule has 2 unspecified atom stereocenters. The Kier molecular flexibility index (Phi) is 5.90. The van der Waals surface area contributed by atoms with E-state index in [1.807, 2.05) is 0 Å². The normalized spacial score (nSPS) is 23.7. The molecule has 27 heavy (non-hydrogen) atoms. The first-order valence-electron chi connectivity index (χ1n) is 10.1. The summed E-state index contributed by atoms with van der Waals surface area (Å²) in [6.07, 6.45) is 2.62. The predicted octanol–water partition coefficient (Wildman–Crippen LogP) is 3.19. The van der Waals surface area contributed by atoms with E-state index in [0.717, 1.165) is 51.6 Å². The third-order valence-corrected chi connectivity index (χ3v) is 5.33. The van der Waals surface area contributed by atoms with Crippen LogP contribution in [0.25, 0.3) is 10.8 Å². The van der Waals surface area contributed by atoms with Gasteiger partial charge in [-0.05, 0) is 42.2 Å². The molecule has 144 valence electrons. The fraction of sp³-hybridized carbons (Fsp3) is 0.500. The van der Waals surface area contributed by atoms with E-state index in [1.165, 1.54) is 16.3 Å². The molecule has 2 fully saturated rings. The first-order valence-corrected chi connectivity index (χ1v) is 10.1. The van der Waals surface area contributed by atoms with Crippen LogP contribution in [-0.4, -0.2) is 55.9 Å². The minimum Gasteiger partial charge on any atom is -0.375 e. The summed E-state index contributed by atoms with van der Waals surface area (Å²) in [5.74, 6) is 0.969. The van der Waals surface area contributed by atoms with Crippen molar-refractivity contribution in [1.29, 1.82) is 0 Å². The number of nitrogens with one attached hydrogen (secondary N) is 1. The molecule has 2 aromatic rings. The highest BCUT2D eigenvalue weighted by molar-refractivity contribution is 5.83. The van der Waals surface area contributed by atoms with Crippen LogP contribution in [0.5, 0.6) is 0 Å². The SMILES string of the molecule is CCNC(=NCc1ccc2ccccc2c1)N1CCOC(C2CCCO2)C1. The average Bonchev–Trinajstić information content (AvgIpc) is 3.26. The summed E-state index contributed by atoms with van der Waals surface area (Å²) in [4.78, 5) is 7.23. The number of aliphatic imine (C=N–C) groups is 1. The number of benzene rings is 2. The van der Waals surface area contributed by atoms with Crippen LogP contribution in [0.15, 0.2) is 47.5 Å². The second kappa shape index (κ2) is 8.72. The molecule has 0 amide bonds. The molecule has 2 aromatic carbocycles. The monoisotopic (exact) mass is 367 g/mol. The molecule has 0 saturated carbocycles. The Morgan fingerprint density at radius 2 is 1.96 bits per heavy atom. The van der Waals surface area contributed by atoms with Gasteiger partial charge in [0.1, 0.15) is 6.10 Å². The van der Waals surface area contributed by atoms with Crippen molar-refractivity contribution in [2.75, 3.05) is 32.8 Å². The molecule has 2 aliphatic heterocycles. The van der Waals surface area contributed by atoms with Gasteiger partial charge >= 0.3 is 0 Å². The Hall–Kier alpha value is -2.11. The standard InChI is InChI=1S/C22H29N3O2/c1-2-23-22(25-11-13-27-21(16-25)20-8-5-12-26-20)24-15-17-9-10-18-6-3-4-7-19(18)14-17/h3-4,6-7,9-10,14,20-21H,2,5,8,11-13,15-16H2,1H3,(H,23,24). The van der Waals surface area contributed by atoms with Gasteiger partial charge in [0.15, 0.2) is 5.96 Å². The molecule has 1 N–H and O–H groups in total. The number of guanidine groups is 1. The molecule has 2 saturated heterocycles. The van der Waals surface area contributed by atoms with Gasteiger partial charge in [-0.2, -0.15) is 0 Å². The third-order valence-electron chi connectivity index (χ3n) is 5.33. The molecule has 2 atom stereocenters. The van der Waals surface area contributed by atoms with Crippen LogP contribution in [0, 0.1) is 0 Å². The van der Waals surface area contributed by atoms with Crippen molar-refractivity contribution in [1.82, 2.24) is 10.2 Å². The Morgan fingerprint density at radius 1 is 1.11 bits per heavy atom. The van der Waals surface area contributed by atoms with Gasteiger partial charge in [-0.15, -0.1) is 0 Å². The summed E-state index contributed by atoms with van der Waals surface area (Å²) >= 11 is 0. The van der Waals surface area contributed by atoms with Crippen molar-refractivity contribution >= 4 is 16.7 Å². The van der Waals surface area contributed by atoms with E-state index in [1.54, 1.807) is 0 Å². The maximum Gasteiger partial charge on any atom is 0.194 e. The summed E-state index contributed by atoms with van der Waals surface area (Å²) in [6.45, 7) is 6.95. The van der Waals surface area contributed by atoms with Crippen LogP contribution in [0.4, 0.5) is 0 Å². The summed E-state index contributed by atoms with van der Waals surface area (Å²) in [7, 11) is 0. The first kappa shape index (κ1) is 18.3. The van der Waals surface area contributed by atoms with Crippen LogP contribution in [0.2, 0.25) is 0 Å². The number of hydrogen-bond donors (Lipinski definition) is 1. The number of fused-ring (bicyclic) bond motifs is 1. The zero-order chi connectivity index (χ0) is 18.5. The molecule has 0 spiro atoms. The number of hydrogen-bond acceptors (Lipinski definition) is 3. The Labute approximate surface area is 161 Å². The van der Waals surface area contributed by atoms with E-state index in [0.29, 0.717) is 6.54 Å². The van der Waals surface area contributed by atoms with E-state index in [-0.39, 0.29) is 12.2 Å². The molecule has 5 nitrogen and oxygen atoms in total. The summed E-state index contributed by atoms with van der Waals surface area (Å²) in [6, 6.07) is 15.0. The minimum absolute atomic E-state index is 0.144. The molecular formula is C22H29N3O2. The summed E-state index contributed by atoms with van der Waals surface area (Å²) in [5, 5.41) is 5.98. The smallest absolute Gasteiger partial charge is 0.194 e. The highest BCUT2D eigenvalue weighted by atomic mass is 16.5. The molecular weight excluding hydrogens is 338 g/mol. The van der Waals surface area contributed by atoms with Crippen molar-refractivity contribution < 1.29 is 9.47 Å². The summed E-state index contributed by atoms with van der Waals surface area (Å²) in [5.41, 5.74) is 1.23. The van der Waals surface area contributed by atoms with Crippen LogP contribution in [-0.2, 0) is 16.0 Å². The number of nitrogens with zero attached hydrogens (tertiary/aromatic N) is 2. The fourth-order valence-electron chi connectivity index (χ4n) is 3.92. The van der Waals surface area contributed by atoms with Gasteiger partial charge in [-0.1, -0.05) is 36.4 Å². The predicted molar refractivity (Wildman–Crippen MR) is 109 cm³/mol. The average molecular weight is 367 g/mol. The second-order valence-electron chi connectivity index (χ2n) is 7.26. The summed E-state index contributed by atoms with van der Waals surface area (Å²) < 4.78 is 11.8. The lowest BCUT2D eigenvalue weighted by molar-refractivity contribution is -0.0817. The van der Waals surface area contributed by atoms with E-state index in [9.17, 15) is 0 Å². The second-order valence-corrected chi connectivity index (χ2v) is 7.26. The zero-order valence-electron chi connectivity index (χ0n) is 16.1. The molecule has 4 rings (SSSR count). The quantitative estimate of drug-likeness (QED) is 0.666. The number of morpholine rings is 1. The van der Waals surface area contributed by atoms with E-state index in [4.69, 9.17) is 14.5 Å². The molecule has 5 heteroatoms. The van der Waals surface area contributed by atoms with E-state index >= 15 is 0 Å². The topological polar surface area (TPSA) is 46.1 Å². The van der Waals surface area contributed by atoms with Crippen LogP contribution < -0.4 is 5.32 Å². The van der Waals surface area contributed by atoms with Crippen molar-refractivity contribution in [3.8, 4) is 0 Å². The van der Waals surface area contributed by atoms with E-state index < -0.39 is 0 Å². The lowest BCUT2D eigenvalue weighted by atomic mass is 10.1. The van der Waals surface area contributed by atoms with Crippen molar-refractivity contribution in [3.05, 3.63) is 48.0 Å². The van der Waals surface area contributed by atoms with Crippen molar-refractivity contribution in [3.63, 3.8) is 0 Å². The number of rotatable bonds is 4. The van der Waals surface area contributed by atoms with Crippen LogP contribution in [0.1, 0.15) is 25.3 Å². The van der Waals surface area contributed by atoms with Gasteiger partial charge < -0.3 is 19.7 Å². The highest BCUT2D eigenvalue weighted by Crippen LogP contribution is 2.21. The largest absolute Gasteiger partial charge is 0.375 e. The highest BCUT2D eigenvalue weighted by Gasteiger charge is 2.32. The molecule has 0 radical (unpaired) electrons. The van der Waals surface area contributed by atoms with Gasteiger partial charge in [0.05, 0.1) is 19.3 Å². The first-order chi connectivity index (χ1) is 13.3. The van der Waals surface area contributed by atoms with Crippen LogP contribution >= 0.6 is 0 Å². The lowest BCUT2D eigenvalue weighted by Gasteiger charge is -2.37. The van der Waals surface area contributed by atoms with Gasteiger partial charge in [0.2, 0.25) is 0 Å². The van der Waals surface area contributed by atoms with Gasteiger partial charge in [0, 0.05) is 26.2 Å². The molecule has 0 bridgehead atoms. The molecule has 2 heterocycles. The Morgan fingerprint density at radius 3 is 2.78 bits per heavy atom. The minimum atomic E-state index is 0.144. The Bertz CT molecular complexity index is 786. The Balaban J connectivity index is 1.46. The van der Waals surface area contributed by atoms with Crippen molar-refractivity contribution in [2.45, 2.75) is 38.5 Å². The number of ether oxygens (including phenoxy) is 2. The van der Waals surface area contributed by atoms with Gasteiger partial charge in [-0.3, -0.25) is 0 Å². The maximum absolute atomic E-state index is 5.98. The zero-order valence-corrected chi connectivity index (χ0v) is 16.1. The molecule has 0 aromatic heterocycles. The van der Waals surface area contributed by atoms with Crippen LogP contribution in [0.3, 0.4) is 0 Å². The lowest BCUT2D eigenvalue weighted by Crippen LogP contribution is -2.53. The van der Waals surface area contributed by atoms with Gasteiger partial charge in [0.25, 0.3) is 0 Å². The fourth-order valence-corrected chi connectivity index (χ4v) is 3.92. The molecule has 0 aliphatic carbocycles. The third kappa shape index (κ3) is 4.42.